The summed E-state index contributed by atoms with van der Waals surface area (Å²) >= 11 is 0. The number of rotatable bonds is 4. The Morgan fingerprint density at radius 1 is 1.11 bits per heavy atom. The monoisotopic (exact) mass is 492 g/mol. The van der Waals surface area contributed by atoms with Crippen LogP contribution < -0.4 is 10.6 Å². The van der Waals surface area contributed by atoms with Crippen LogP contribution in [0, 0.1) is 11.8 Å². The molecule has 7 nitrogen and oxygen atoms in total. The first kappa shape index (κ1) is 26.0. The van der Waals surface area contributed by atoms with Gasteiger partial charge in [-0.15, -0.1) is 0 Å². The van der Waals surface area contributed by atoms with Gasteiger partial charge in [0.05, 0.1) is 17.9 Å². The van der Waals surface area contributed by atoms with E-state index in [0.717, 1.165) is 62.9 Å². The van der Waals surface area contributed by atoms with Crippen LogP contribution in [-0.2, 0) is 16.0 Å². The lowest BCUT2D eigenvalue weighted by Crippen LogP contribution is -2.39. The molecule has 36 heavy (non-hydrogen) atoms. The van der Waals surface area contributed by atoms with Crippen molar-refractivity contribution in [3.05, 3.63) is 54.0 Å². The fourth-order valence-electron chi connectivity index (χ4n) is 5.11. The predicted molar refractivity (Wildman–Crippen MR) is 141 cm³/mol. The van der Waals surface area contributed by atoms with Crippen LogP contribution in [0.25, 0.3) is 11.3 Å². The molecule has 2 aliphatic rings. The van der Waals surface area contributed by atoms with E-state index in [9.17, 15) is 9.59 Å². The number of hydrogen-bond acceptors (Lipinski definition) is 4. The van der Waals surface area contributed by atoms with Crippen LogP contribution in [-0.4, -0.2) is 34.1 Å². The second kappa shape index (κ2) is 11.8. The van der Waals surface area contributed by atoms with E-state index in [4.69, 9.17) is 4.74 Å². The molecule has 3 N–H and O–H groups in total. The van der Waals surface area contributed by atoms with E-state index in [1.54, 1.807) is 0 Å². The maximum Gasteiger partial charge on any atom is 0.407 e. The molecule has 4 rings (SSSR count). The number of benzene rings is 1. The molecule has 1 atom stereocenters. The number of allylic oxidation sites excluding steroid dienone is 1. The maximum atomic E-state index is 13.2. The van der Waals surface area contributed by atoms with E-state index >= 15 is 0 Å². The fourth-order valence-corrected chi connectivity index (χ4v) is 5.11. The van der Waals surface area contributed by atoms with Gasteiger partial charge in [-0.25, -0.2) is 9.78 Å². The number of amides is 2. The highest BCUT2D eigenvalue weighted by atomic mass is 16.6. The molecule has 0 saturated heterocycles. The number of nitrogens with one attached hydrogen (secondary N) is 3. The molecule has 2 amide bonds. The van der Waals surface area contributed by atoms with Gasteiger partial charge in [0.2, 0.25) is 5.91 Å². The van der Waals surface area contributed by atoms with Crippen LogP contribution in [0.2, 0.25) is 0 Å². The fraction of sp³-hybridized carbons (Fsp3) is 0.552. The largest absolute Gasteiger partial charge is 0.444 e. The van der Waals surface area contributed by atoms with Crippen molar-refractivity contribution in [3.8, 4) is 11.3 Å². The Labute approximate surface area is 214 Å². The van der Waals surface area contributed by atoms with Crippen molar-refractivity contribution in [1.29, 1.82) is 0 Å². The molecule has 0 spiro atoms. The van der Waals surface area contributed by atoms with Gasteiger partial charge in [-0.3, -0.25) is 4.79 Å². The molecule has 1 fully saturated rings. The second-order valence-electron chi connectivity index (χ2n) is 11.1. The van der Waals surface area contributed by atoms with Crippen molar-refractivity contribution in [2.75, 3.05) is 6.54 Å². The molecule has 1 saturated carbocycles. The van der Waals surface area contributed by atoms with Gasteiger partial charge in [0.15, 0.2) is 0 Å². The summed E-state index contributed by atoms with van der Waals surface area (Å²) in [6.45, 7) is 6.16. The highest BCUT2D eigenvalue weighted by Crippen LogP contribution is 2.30. The SMILES string of the molecule is CC(C)(C)OC(=O)NCC1CCC(C(=O)N[C@H]2C/C=C/CCCc3ccccc3-c3cnc2[nH]3)CC1. The number of imidazole rings is 1. The summed E-state index contributed by atoms with van der Waals surface area (Å²) in [5.41, 5.74) is 3.01. The predicted octanol–water partition coefficient (Wildman–Crippen LogP) is 5.85. The molecule has 1 aromatic heterocycles. The minimum Gasteiger partial charge on any atom is -0.444 e. The molecule has 1 aliphatic carbocycles. The molecule has 2 bridgehead atoms. The minimum atomic E-state index is -0.499. The standard InChI is InChI=1S/C29H40N4O3/c1-29(2,3)36-28(35)31-18-20-14-16-22(17-15-20)27(34)33-24-13-7-5-4-6-10-21-11-8-9-12-23(21)25-19-30-26(24)32-25/h5,7-9,11-12,19-20,22,24H,4,6,10,13-18H2,1-3H3,(H,30,32)(H,31,35)(H,33,34)/b7-5+/t20?,22?,24-/m0/s1. The van der Waals surface area contributed by atoms with Gasteiger partial charge >= 0.3 is 6.09 Å². The van der Waals surface area contributed by atoms with Crippen molar-refractivity contribution >= 4 is 12.0 Å². The number of H-pyrrole nitrogens is 1. The van der Waals surface area contributed by atoms with Gasteiger partial charge < -0.3 is 20.4 Å². The Morgan fingerprint density at radius 3 is 2.67 bits per heavy atom. The van der Waals surface area contributed by atoms with Crippen molar-refractivity contribution in [3.63, 3.8) is 0 Å². The van der Waals surface area contributed by atoms with Crippen molar-refractivity contribution in [1.82, 2.24) is 20.6 Å². The zero-order valence-corrected chi connectivity index (χ0v) is 21.8. The lowest BCUT2D eigenvalue weighted by molar-refractivity contribution is -0.127. The zero-order valence-electron chi connectivity index (χ0n) is 21.8. The lowest BCUT2D eigenvalue weighted by Gasteiger charge is -2.29. The van der Waals surface area contributed by atoms with Crippen LogP contribution in [0.15, 0.2) is 42.6 Å². The van der Waals surface area contributed by atoms with Crippen LogP contribution in [0.4, 0.5) is 4.79 Å². The molecular weight excluding hydrogens is 452 g/mol. The van der Waals surface area contributed by atoms with Gasteiger partial charge in [-0.1, -0.05) is 36.4 Å². The molecule has 2 heterocycles. The first-order chi connectivity index (χ1) is 17.3. The molecule has 7 heteroatoms. The average molecular weight is 493 g/mol. The Bertz CT molecular complexity index is 1060. The Balaban J connectivity index is 1.34. The summed E-state index contributed by atoms with van der Waals surface area (Å²) in [7, 11) is 0. The smallest absolute Gasteiger partial charge is 0.407 e. The zero-order chi connectivity index (χ0) is 25.5. The van der Waals surface area contributed by atoms with Crippen molar-refractivity contribution in [2.45, 2.75) is 83.8 Å². The van der Waals surface area contributed by atoms with E-state index < -0.39 is 5.60 Å². The van der Waals surface area contributed by atoms with E-state index in [1.807, 2.05) is 27.0 Å². The average Bonchev–Trinajstić information content (AvgIpc) is 3.33. The molecular formula is C29H40N4O3. The molecule has 1 aliphatic heterocycles. The number of hydrogen-bond donors (Lipinski definition) is 3. The van der Waals surface area contributed by atoms with E-state index in [2.05, 4.69) is 57.0 Å². The maximum absolute atomic E-state index is 13.2. The first-order valence-electron chi connectivity index (χ1n) is 13.3. The quantitative estimate of drug-likeness (QED) is 0.467. The van der Waals surface area contributed by atoms with Crippen LogP contribution >= 0.6 is 0 Å². The van der Waals surface area contributed by atoms with Crippen molar-refractivity contribution in [2.24, 2.45) is 11.8 Å². The number of alkyl carbamates (subject to hydrolysis) is 1. The molecule has 194 valence electrons. The van der Waals surface area contributed by atoms with E-state index in [1.165, 1.54) is 11.1 Å². The number of ether oxygens (including phenoxy) is 1. The summed E-state index contributed by atoms with van der Waals surface area (Å²) in [5.74, 6) is 1.26. The molecule has 1 aromatic carbocycles. The molecule has 2 aromatic rings. The van der Waals surface area contributed by atoms with E-state index in [-0.39, 0.29) is 24.0 Å². The lowest BCUT2D eigenvalue weighted by atomic mass is 9.81. The minimum absolute atomic E-state index is 0.0108. The number of nitrogens with zero attached hydrogens (tertiary/aromatic N) is 1. The van der Waals surface area contributed by atoms with Gasteiger partial charge in [0.1, 0.15) is 11.4 Å². The summed E-state index contributed by atoms with van der Waals surface area (Å²) in [6.07, 6.45) is 13.2. The van der Waals surface area contributed by atoms with Gasteiger partial charge in [-0.05, 0) is 83.6 Å². The summed E-state index contributed by atoms with van der Waals surface area (Å²) in [5, 5.41) is 6.15. The second-order valence-corrected chi connectivity index (χ2v) is 11.1. The van der Waals surface area contributed by atoms with Gasteiger partial charge in [0.25, 0.3) is 0 Å². The normalized spacial score (nSPS) is 23.4. The molecule has 0 unspecified atom stereocenters. The number of carbonyl (C=O) groups is 2. The number of carbonyl (C=O) groups excluding carboxylic acids is 2. The first-order valence-corrected chi connectivity index (χ1v) is 13.3. The number of aryl methyl sites for hydroxylation is 1. The Hall–Kier alpha value is -3.09. The van der Waals surface area contributed by atoms with Crippen LogP contribution in [0.5, 0.6) is 0 Å². The Kier molecular flexibility index (Phi) is 8.49. The summed E-state index contributed by atoms with van der Waals surface area (Å²) < 4.78 is 5.33. The topological polar surface area (TPSA) is 96.1 Å². The number of aromatic nitrogens is 2. The van der Waals surface area contributed by atoms with E-state index in [0.29, 0.717) is 12.5 Å². The highest BCUT2D eigenvalue weighted by Gasteiger charge is 2.29. The van der Waals surface area contributed by atoms with Crippen LogP contribution in [0.3, 0.4) is 0 Å². The highest BCUT2D eigenvalue weighted by molar-refractivity contribution is 5.79. The Morgan fingerprint density at radius 2 is 1.89 bits per heavy atom. The summed E-state index contributed by atoms with van der Waals surface area (Å²) in [6, 6.07) is 8.29. The third-order valence-electron chi connectivity index (χ3n) is 7.06. The third kappa shape index (κ3) is 7.21. The molecule has 0 radical (unpaired) electrons. The van der Waals surface area contributed by atoms with Gasteiger partial charge in [-0.2, -0.15) is 0 Å². The number of aromatic amines is 1. The van der Waals surface area contributed by atoms with Gasteiger partial charge in [0, 0.05) is 18.0 Å². The van der Waals surface area contributed by atoms with Crippen LogP contribution in [0.1, 0.15) is 83.1 Å². The number of fused-ring (bicyclic) bond motifs is 4. The third-order valence-corrected chi connectivity index (χ3v) is 7.06. The summed E-state index contributed by atoms with van der Waals surface area (Å²) in [4.78, 5) is 33.3. The van der Waals surface area contributed by atoms with Crippen molar-refractivity contribution < 1.29 is 14.3 Å².